The van der Waals surface area contributed by atoms with Crippen molar-refractivity contribution in [1.82, 2.24) is 4.31 Å². The van der Waals surface area contributed by atoms with Crippen LogP contribution >= 0.6 is 0 Å². The molecular weight excluding hydrogens is 414 g/mol. The monoisotopic (exact) mass is 443 g/mol. The van der Waals surface area contributed by atoms with Crippen molar-refractivity contribution in [2.24, 2.45) is 5.41 Å². The van der Waals surface area contributed by atoms with Gasteiger partial charge in [-0.3, -0.25) is 9.59 Å². The second-order valence-electron chi connectivity index (χ2n) is 8.86. The molecule has 2 amide bonds. The van der Waals surface area contributed by atoms with Crippen molar-refractivity contribution in [3.63, 3.8) is 0 Å². The van der Waals surface area contributed by atoms with Gasteiger partial charge in [0.15, 0.2) is 0 Å². The van der Waals surface area contributed by atoms with Gasteiger partial charge < -0.3 is 10.6 Å². The van der Waals surface area contributed by atoms with Crippen molar-refractivity contribution in [2.75, 3.05) is 17.2 Å². The zero-order valence-electron chi connectivity index (χ0n) is 18.3. The summed E-state index contributed by atoms with van der Waals surface area (Å²) >= 11 is 0. The van der Waals surface area contributed by atoms with Crippen LogP contribution in [0.3, 0.4) is 0 Å². The maximum atomic E-state index is 13.1. The van der Waals surface area contributed by atoms with Crippen LogP contribution in [0.15, 0.2) is 53.4 Å². The molecule has 0 aromatic heterocycles. The van der Waals surface area contributed by atoms with Crippen molar-refractivity contribution in [3.05, 3.63) is 54.1 Å². The van der Waals surface area contributed by atoms with Crippen molar-refractivity contribution in [3.8, 4) is 0 Å². The zero-order valence-corrected chi connectivity index (χ0v) is 19.1. The van der Waals surface area contributed by atoms with E-state index >= 15 is 0 Å². The lowest BCUT2D eigenvalue weighted by atomic mass is 9.95. The van der Waals surface area contributed by atoms with Crippen molar-refractivity contribution >= 4 is 33.2 Å². The van der Waals surface area contributed by atoms with Gasteiger partial charge in [0.25, 0.3) is 0 Å². The zero-order chi connectivity index (χ0) is 22.8. The Morgan fingerprint density at radius 2 is 1.61 bits per heavy atom. The number of hydrogen-bond acceptors (Lipinski definition) is 4. The summed E-state index contributed by atoms with van der Waals surface area (Å²) in [6.07, 6.45) is 1.07. The van der Waals surface area contributed by atoms with Gasteiger partial charge in [0.05, 0.1) is 4.90 Å². The van der Waals surface area contributed by atoms with E-state index in [2.05, 4.69) is 10.6 Å². The van der Waals surface area contributed by atoms with Gasteiger partial charge >= 0.3 is 0 Å². The minimum Gasteiger partial charge on any atom is -0.326 e. The van der Waals surface area contributed by atoms with E-state index in [4.69, 9.17) is 0 Å². The van der Waals surface area contributed by atoms with Crippen LogP contribution in [-0.4, -0.2) is 37.1 Å². The molecule has 8 heteroatoms. The molecule has 3 rings (SSSR count). The van der Waals surface area contributed by atoms with Crippen LogP contribution in [0.5, 0.6) is 0 Å². The molecule has 31 heavy (non-hydrogen) atoms. The van der Waals surface area contributed by atoms with E-state index in [0.717, 1.165) is 5.56 Å². The number of carbonyl (C=O) groups excluding carboxylic acids is 2. The standard InChI is InChI=1S/C23H29N3O4S/c1-16-10-12-19(13-11-16)31(29,30)26-14-6-9-20(26)21(27)24-17-7-5-8-18(15-17)25-22(28)23(2,3)4/h5,7-8,10-13,15,20H,6,9,14H2,1-4H3,(H,24,27)(H,25,28)/t20-/m0/s1. The highest BCUT2D eigenvalue weighted by molar-refractivity contribution is 7.89. The molecule has 1 fully saturated rings. The summed E-state index contributed by atoms with van der Waals surface area (Å²) in [5, 5.41) is 5.63. The largest absolute Gasteiger partial charge is 0.326 e. The molecule has 0 unspecified atom stereocenters. The molecule has 0 spiro atoms. The number of benzene rings is 2. The first-order chi connectivity index (χ1) is 14.5. The summed E-state index contributed by atoms with van der Waals surface area (Å²) < 4.78 is 27.4. The van der Waals surface area contributed by atoms with Gasteiger partial charge in [-0.25, -0.2) is 8.42 Å². The Balaban J connectivity index is 1.75. The molecule has 1 aliphatic rings. The predicted octanol–water partition coefficient (Wildman–Crippen LogP) is 3.77. The van der Waals surface area contributed by atoms with Crippen LogP contribution in [0.2, 0.25) is 0 Å². The Morgan fingerprint density at radius 1 is 1.00 bits per heavy atom. The van der Waals surface area contributed by atoms with Gasteiger partial charge in [-0.2, -0.15) is 4.31 Å². The van der Waals surface area contributed by atoms with Crippen molar-refractivity contribution in [1.29, 1.82) is 0 Å². The SMILES string of the molecule is Cc1ccc(S(=O)(=O)N2CCC[C@H]2C(=O)Nc2cccc(NC(=O)C(C)(C)C)c2)cc1. The number of carbonyl (C=O) groups is 2. The molecule has 0 bridgehead atoms. The Hall–Kier alpha value is -2.71. The molecule has 2 N–H and O–H groups in total. The molecular formula is C23H29N3O4S. The van der Waals surface area contributed by atoms with E-state index in [1.54, 1.807) is 48.5 Å². The second-order valence-corrected chi connectivity index (χ2v) is 10.8. The fraction of sp³-hybridized carbons (Fsp3) is 0.391. The number of amides is 2. The number of nitrogens with one attached hydrogen (secondary N) is 2. The second kappa shape index (κ2) is 8.80. The molecule has 1 aliphatic heterocycles. The van der Waals surface area contributed by atoms with E-state index in [1.807, 2.05) is 27.7 Å². The van der Waals surface area contributed by atoms with Gasteiger partial charge in [0.1, 0.15) is 6.04 Å². The number of sulfonamides is 1. The van der Waals surface area contributed by atoms with E-state index in [9.17, 15) is 18.0 Å². The number of nitrogens with zero attached hydrogens (tertiary/aromatic N) is 1. The number of rotatable bonds is 5. The first-order valence-corrected chi connectivity index (χ1v) is 11.7. The average molecular weight is 444 g/mol. The third-order valence-corrected chi connectivity index (χ3v) is 7.13. The molecule has 1 saturated heterocycles. The van der Waals surface area contributed by atoms with Crippen LogP contribution in [0.25, 0.3) is 0 Å². The number of anilines is 2. The maximum absolute atomic E-state index is 13.1. The summed E-state index contributed by atoms with van der Waals surface area (Å²) in [6, 6.07) is 12.7. The van der Waals surface area contributed by atoms with Gasteiger partial charge in [0, 0.05) is 23.3 Å². The molecule has 0 aliphatic carbocycles. The fourth-order valence-corrected chi connectivity index (χ4v) is 5.01. The maximum Gasteiger partial charge on any atom is 0.243 e. The van der Waals surface area contributed by atoms with Crippen molar-refractivity contribution < 1.29 is 18.0 Å². The minimum absolute atomic E-state index is 0.137. The van der Waals surface area contributed by atoms with E-state index in [-0.39, 0.29) is 16.7 Å². The van der Waals surface area contributed by atoms with E-state index in [0.29, 0.717) is 30.8 Å². The van der Waals surface area contributed by atoms with Crippen LogP contribution in [0.1, 0.15) is 39.2 Å². The molecule has 0 radical (unpaired) electrons. The van der Waals surface area contributed by atoms with Gasteiger partial charge in [-0.05, 0) is 50.1 Å². The Labute approximate surface area is 183 Å². The summed E-state index contributed by atoms with van der Waals surface area (Å²) in [5.41, 5.74) is 1.48. The van der Waals surface area contributed by atoms with Gasteiger partial charge in [0.2, 0.25) is 21.8 Å². The number of hydrogen-bond donors (Lipinski definition) is 2. The quantitative estimate of drug-likeness (QED) is 0.735. The van der Waals surface area contributed by atoms with Crippen LogP contribution in [0, 0.1) is 12.3 Å². The lowest BCUT2D eigenvalue weighted by Crippen LogP contribution is -2.43. The third-order valence-electron chi connectivity index (χ3n) is 5.20. The summed E-state index contributed by atoms with van der Waals surface area (Å²) in [6.45, 7) is 7.64. The summed E-state index contributed by atoms with van der Waals surface area (Å²) in [4.78, 5) is 25.3. The molecule has 1 atom stereocenters. The molecule has 2 aromatic carbocycles. The smallest absolute Gasteiger partial charge is 0.243 e. The molecule has 1 heterocycles. The van der Waals surface area contributed by atoms with Crippen LogP contribution in [0.4, 0.5) is 11.4 Å². The Bertz CT molecular complexity index is 1070. The molecule has 0 saturated carbocycles. The lowest BCUT2D eigenvalue weighted by Gasteiger charge is -2.23. The predicted molar refractivity (Wildman–Crippen MR) is 121 cm³/mol. The van der Waals surface area contributed by atoms with Crippen LogP contribution < -0.4 is 10.6 Å². The summed E-state index contributed by atoms with van der Waals surface area (Å²) in [5.74, 6) is -0.519. The van der Waals surface area contributed by atoms with Crippen molar-refractivity contribution in [2.45, 2.75) is 51.5 Å². The molecule has 166 valence electrons. The van der Waals surface area contributed by atoms with Crippen LogP contribution in [-0.2, 0) is 19.6 Å². The highest BCUT2D eigenvalue weighted by Crippen LogP contribution is 2.28. The highest BCUT2D eigenvalue weighted by atomic mass is 32.2. The van der Waals surface area contributed by atoms with E-state index < -0.39 is 21.5 Å². The molecule has 7 nitrogen and oxygen atoms in total. The average Bonchev–Trinajstić information content (AvgIpc) is 3.19. The van der Waals surface area contributed by atoms with E-state index in [1.165, 1.54) is 4.31 Å². The summed E-state index contributed by atoms with van der Waals surface area (Å²) in [7, 11) is -3.77. The first-order valence-electron chi connectivity index (χ1n) is 10.3. The lowest BCUT2D eigenvalue weighted by molar-refractivity contribution is -0.123. The number of aryl methyl sites for hydroxylation is 1. The van der Waals surface area contributed by atoms with Gasteiger partial charge in [-0.15, -0.1) is 0 Å². The third kappa shape index (κ3) is 5.32. The normalized spacial score (nSPS) is 17.4. The highest BCUT2D eigenvalue weighted by Gasteiger charge is 2.39. The topological polar surface area (TPSA) is 95.6 Å². The minimum atomic E-state index is -3.77. The fourth-order valence-electron chi connectivity index (χ4n) is 3.35. The first kappa shape index (κ1) is 23.0. The van der Waals surface area contributed by atoms with Gasteiger partial charge in [-0.1, -0.05) is 44.5 Å². The Kier molecular flexibility index (Phi) is 6.52. The Morgan fingerprint density at radius 3 is 2.23 bits per heavy atom. The molecule has 2 aromatic rings.